The average Bonchev–Trinajstić information content (AvgIpc) is 2.79. The van der Waals surface area contributed by atoms with Crippen molar-refractivity contribution in [1.29, 1.82) is 0 Å². The minimum Gasteiger partial charge on any atom is -0.231 e. The molecule has 0 saturated carbocycles. The van der Waals surface area contributed by atoms with E-state index in [0.717, 1.165) is 22.5 Å². The summed E-state index contributed by atoms with van der Waals surface area (Å²) in [6.07, 6.45) is 0. The van der Waals surface area contributed by atoms with Crippen molar-refractivity contribution in [2.75, 3.05) is 0 Å². The SMILES string of the molecule is C[Si](C)(C)C#Cc1cccc(C#Cc2cccc(C#Cc3cccc(C#C[Si](C)(C)C)n3)c2)n1. The van der Waals surface area contributed by atoms with E-state index in [1.54, 1.807) is 0 Å². The molecule has 0 aliphatic heterocycles. The molecule has 0 saturated heterocycles. The molecule has 3 rings (SSSR count). The van der Waals surface area contributed by atoms with Crippen LogP contribution in [0.5, 0.6) is 0 Å². The summed E-state index contributed by atoms with van der Waals surface area (Å²) in [5.41, 5.74) is 11.4. The van der Waals surface area contributed by atoms with E-state index in [2.05, 4.69) is 95.9 Å². The van der Waals surface area contributed by atoms with Crippen LogP contribution in [0.1, 0.15) is 33.9 Å². The smallest absolute Gasteiger partial charge is 0.129 e. The second-order valence-electron chi connectivity index (χ2n) is 9.90. The molecule has 2 nitrogen and oxygen atoms in total. The molecule has 0 unspecified atom stereocenters. The fraction of sp³-hybridized carbons (Fsp3) is 0.200. The summed E-state index contributed by atoms with van der Waals surface area (Å²) in [5, 5.41) is 0. The van der Waals surface area contributed by atoms with Crippen LogP contribution in [0.4, 0.5) is 0 Å². The molecule has 2 heterocycles. The zero-order valence-electron chi connectivity index (χ0n) is 20.7. The zero-order chi connectivity index (χ0) is 24.6. The monoisotopic (exact) mass is 472 g/mol. The lowest BCUT2D eigenvalue weighted by Crippen LogP contribution is -2.16. The fourth-order valence-electron chi connectivity index (χ4n) is 2.60. The lowest BCUT2D eigenvalue weighted by Gasteiger charge is -2.03. The Labute approximate surface area is 206 Å². The summed E-state index contributed by atoms with van der Waals surface area (Å²) in [6, 6.07) is 19.4. The van der Waals surface area contributed by atoms with Crippen LogP contribution < -0.4 is 0 Å². The molecular formula is C30H28N2Si2. The average molecular weight is 473 g/mol. The van der Waals surface area contributed by atoms with Gasteiger partial charge in [-0.3, -0.25) is 0 Å². The highest BCUT2D eigenvalue weighted by Gasteiger charge is 2.08. The Bertz CT molecular complexity index is 1330. The molecule has 0 aliphatic carbocycles. The molecule has 0 aliphatic rings. The predicted octanol–water partition coefficient (Wildman–Crippen LogP) is 5.73. The zero-order valence-corrected chi connectivity index (χ0v) is 22.7. The Morgan fingerprint density at radius 3 is 1.21 bits per heavy atom. The van der Waals surface area contributed by atoms with Gasteiger partial charge in [0.15, 0.2) is 0 Å². The van der Waals surface area contributed by atoms with Gasteiger partial charge in [-0.25, -0.2) is 9.97 Å². The molecule has 3 aromatic rings. The first-order valence-corrected chi connectivity index (χ1v) is 18.2. The van der Waals surface area contributed by atoms with Gasteiger partial charge in [-0.05, 0) is 54.3 Å². The minimum absolute atomic E-state index is 0.708. The molecule has 34 heavy (non-hydrogen) atoms. The van der Waals surface area contributed by atoms with Crippen LogP contribution in [-0.2, 0) is 0 Å². The number of rotatable bonds is 0. The maximum atomic E-state index is 4.56. The first-order valence-electron chi connectivity index (χ1n) is 11.2. The van der Waals surface area contributed by atoms with Crippen molar-refractivity contribution in [3.05, 3.63) is 94.6 Å². The Morgan fingerprint density at radius 2 is 0.824 bits per heavy atom. The lowest BCUT2D eigenvalue weighted by atomic mass is 10.1. The quantitative estimate of drug-likeness (QED) is 0.308. The number of nitrogens with zero attached hydrogens (tertiary/aromatic N) is 2. The Hall–Kier alpha value is -3.81. The molecule has 1 aromatic carbocycles. The van der Waals surface area contributed by atoms with E-state index in [9.17, 15) is 0 Å². The minimum atomic E-state index is -1.44. The van der Waals surface area contributed by atoms with Crippen LogP contribution in [0.25, 0.3) is 0 Å². The van der Waals surface area contributed by atoms with Gasteiger partial charge < -0.3 is 0 Å². The number of benzene rings is 1. The second kappa shape index (κ2) is 10.9. The number of aromatic nitrogens is 2. The Morgan fingerprint density at radius 1 is 0.471 bits per heavy atom. The van der Waals surface area contributed by atoms with Crippen LogP contribution in [0.15, 0.2) is 60.7 Å². The van der Waals surface area contributed by atoms with Gasteiger partial charge in [0.1, 0.15) is 38.9 Å². The van der Waals surface area contributed by atoms with Gasteiger partial charge >= 0.3 is 0 Å². The molecule has 0 amide bonds. The Kier molecular flexibility index (Phi) is 7.94. The van der Waals surface area contributed by atoms with Crippen molar-refractivity contribution in [2.45, 2.75) is 39.3 Å². The van der Waals surface area contributed by atoms with E-state index in [4.69, 9.17) is 0 Å². The highest BCUT2D eigenvalue weighted by Crippen LogP contribution is 2.06. The van der Waals surface area contributed by atoms with E-state index >= 15 is 0 Å². The molecule has 0 radical (unpaired) electrons. The third-order valence-electron chi connectivity index (χ3n) is 4.16. The van der Waals surface area contributed by atoms with Crippen molar-refractivity contribution in [3.63, 3.8) is 0 Å². The standard InChI is InChI=1S/C30H28N2Si2/c1-33(2,3)22-20-29-14-8-12-27(31-29)18-16-25-10-7-11-26(24-25)17-19-28-13-9-15-30(32-28)21-23-34(4,5)6/h7-15,24H,1-6H3. The summed E-state index contributed by atoms with van der Waals surface area (Å²) < 4.78 is 0. The van der Waals surface area contributed by atoms with Crippen LogP contribution in [0.3, 0.4) is 0 Å². The van der Waals surface area contributed by atoms with Gasteiger partial charge in [0.25, 0.3) is 0 Å². The normalized spacial score (nSPS) is 10.3. The highest BCUT2D eigenvalue weighted by molar-refractivity contribution is 6.84. The molecule has 2 aromatic heterocycles. The molecule has 0 bridgehead atoms. The third kappa shape index (κ3) is 8.98. The molecular weight excluding hydrogens is 445 g/mol. The molecule has 0 spiro atoms. The van der Waals surface area contributed by atoms with Crippen LogP contribution in [0, 0.1) is 46.6 Å². The van der Waals surface area contributed by atoms with Gasteiger partial charge in [0, 0.05) is 11.1 Å². The first-order chi connectivity index (χ1) is 16.1. The Balaban J connectivity index is 1.79. The summed E-state index contributed by atoms with van der Waals surface area (Å²) in [6.45, 7) is 13.3. The summed E-state index contributed by atoms with van der Waals surface area (Å²) >= 11 is 0. The summed E-state index contributed by atoms with van der Waals surface area (Å²) in [5.74, 6) is 19.0. The van der Waals surface area contributed by atoms with E-state index in [1.807, 2.05) is 60.7 Å². The van der Waals surface area contributed by atoms with Crippen LogP contribution in [-0.4, -0.2) is 26.1 Å². The van der Waals surface area contributed by atoms with Crippen molar-refractivity contribution in [2.24, 2.45) is 0 Å². The van der Waals surface area contributed by atoms with E-state index in [1.165, 1.54) is 0 Å². The molecule has 0 fully saturated rings. The van der Waals surface area contributed by atoms with Gasteiger partial charge in [-0.2, -0.15) is 0 Å². The highest BCUT2D eigenvalue weighted by atomic mass is 28.3. The van der Waals surface area contributed by atoms with E-state index in [-0.39, 0.29) is 0 Å². The third-order valence-corrected chi connectivity index (χ3v) is 5.91. The number of hydrogen-bond acceptors (Lipinski definition) is 2. The molecule has 166 valence electrons. The molecule has 4 heteroatoms. The van der Waals surface area contributed by atoms with Gasteiger partial charge in [-0.1, -0.05) is 81.2 Å². The largest absolute Gasteiger partial charge is 0.231 e. The van der Waals surface area contributed by atoms with Crippen molar-refractivity contribution >= 4 is 16.1 Å². The second-order valence-corrected chi connectivity index (χ2v) is 19.4. The van der Waals surface area contributed by atoms with Crippen LogP contribution >= 0.6 is 0 Å². The fourth-order valence-corrected chi connectivity index (χ4v) is 3.60. The van der Waals surface area contributed by atoms with Gasteiger partial charge in [0.2, 0.25) is 0 Å². The summed E-state index contributed by atoms with van der Waals surface area (Å²) in [4.78, 5) is 9.12. The van der Waals surface area contributed by atoms with Crippen LogP contribution in [0.2, 0.25) is 39.3 Å². The topological polar surface area (TPSA) is 25.8 Å². The number of pyridine rings is 2. The molecule has 0 N–H and O–H groups in total. The van der Waals surface area contributed by atoms with Gasteiger partial charge in [-0.15, -0.1) is 11.1 Å². The maximum absolute atomic E-state index is 4.56. The lowest BCUT2D eigenvalue weighted by molar-refractivity contribution is 1.25. The first kappa shape index (κ1) is 24.8. The van der Waals surface area contributed by atoms with Crippen molar-refractivity contribution in [1.82, 2.24) is 9.97 Å². The molecule has 0 atom stereocenters. The maximum Gasteiger partial charge on any atom is 0.129 e. The van der Waals surface area contributed by atoms with Gasteiger partial charge in [0.05, 0.1) is 0 Å². The number of hydrogen-bond donors (Lipinski definition) is 0. The van der Waals surface area contributed by atoms with Crippen molar-refractivity contribution in [3.8, 4) is 46.6 Å². The van der Waals surface area contributed by atoms with Crippen molar-refractivity contribution < 1.29 is 0 Å². The van der Waals surface area contributed by atoms with E-state index < -0.39 is 16.1 Å². The summed E-state index contributed by atoms with van der Waals surface area (Å²) in [7, 11) is -2.88. The predicted molar refractivity (Wildman–Crippen MR) is 147 cm³/mol. The van der Waals surface area contributed by atoms with E-state index in [0.29, 0.717) is 11.4 Å².